The lowest BCUT2D eigenvalue weighted by Gasteiger charge is -2.11. The van der Waals surface area contributed by atoms with Gasteiger partial charge in [0.15, 0.2) is 0 Å². The van der Waals surface area contributed by atoms with Crippen LogP contribution in [0.1, 0.15) is 6.92 Å². The Hall–Kier alpha value is -1.52. The Kier molecular flexibility index (Phi) is 4.82. The molecule has 1 atom stereocenters. The van der Waals surface area contributed by atoms with Gasteiger partial charge in [0.25, 0.3) is 0 Å². The number of benzene rings is 1. The van der Waals surface area contributed by atoms with Gasteiger partial charge < -0.3 is 5.32 Å². The summed E-state index contributed by atoms with van der Waals surface area (Å²) in [5.74, 6) is -0.0482. The van der Waals surface area contributed by atoms with Gasteiger partial charge in [0.2, 0.25) is 5.91 Å². The first-order valence-corrected chi connectivity index (χ1v) is 7.04. The van der Waals surface area contributed by atoms with Crippen LogP contribution in [0.5, 0.6) is 0 Å². The molecule has 1 N–H and O–H groups in total. The van der Waals surface area contributed by atoms with E-state index in [0.29, 0.717) is 10.7 Å². The first kappa shape index (κ1) is 13.9. The van der Waals surface area contributed by atoms with Crippen molar-refractivity contribution in [3.63, 3.8) is 0 Å². The Morgan fingerprint density at radius 1 is 1.32 bits per heavy atom. The number of carbonyl (C=O) groups is 1. The van der Waals surface area contributed by atoms with Crippen LogP contribution in [-0.4, -0.2) is 16.1 Å². The Bertz CT molecular complexity index is 545. The van der Waals surface area contributed by atoms with E-state index >= 15 is 0 Å². The predicted molar refractivity (Wildman–Crippen MR) is 79.6 cm³/mol. The van der Waals surface area contributed by atoms with Gasteiger partial charge in [-0.1, -0.05) is 11.6 Å². The summed E-state index contributed by atoms with van der Waals surface area (Å²) in [7, 11) is 0. The van der Waals surface area contributed by atoms with E-state index in [0.717, 1.165) is 4.90 Å². The van der Waals surface area contributed by atoms with E-state index < -0.39 is 0 Å². The first-order chi connectivity index (χ1) is 9.15. The number of hydrogen-bond donors (Lipinski definition) is 1. The molecule has 0 aliphatic carbocycles. The second-order valence-corrected chi connectivity index (χ2v) is 5.80. The van der Waals surface area contributed by atoms with E-state index in [4.69, 9.17) is 11.6 Å². The van der Waals surface area contributed by atoms with Crippen LogP contribution in [0.15, 0.2) is 53.7 Å². The molecule has 0 spiro atoms. The van der Waals surface area contributed by atoms with Crippen molar-refractivity contribution in [3.05, 3.63) is 53.8 Å². The SMILES string of the molecule is CC(Sc1ccc(Cl)cc1)C(=O)Nc1cccnc1. The summed E-state index contributed by atoms with van der Waals surface area (Å²) in [5.41, 5.74) is 0.705. The van der Waals surface area contributed by atoms with E-state index in [1.54, 1.807) is 18.5 Å². The van der Waals surface area contributed by atoms with Gasteiger partial charge in [-0.25, -0.2) is 0 Å². The number of rotatable bonds is 4. The smallest absolute Gasteiger partial charge is 0.237 e. The molecule has 0 aliphatic rings. The van der Waals surface area contributed by atoms with E-state index in [9.17, 15) is 4.79 Å². The number of amides is 1. The van der Waals surface area contributed by atoms with Gasteiger partial charge in [0, 0.05) is 16.1 Å². The van der Waals surface area contributed by atoms with Crippen LogP contribution in [-0.2, 0) is 4.79 Å². The lowest BCUT2D eigenvalue weighted by Crippen LogP contribution is -2.22. The quantitative estimate of drug-likeness (QED) is 0.870. The molecule has 1 aromatic heterocycles. The van der Waals surface area contributed by atoms with Crippen molar-refractivity contribution in [2.24, 2.45) is 0 Å². The Morgan fingerprint density at radius 3 is 2.68 bits per heavy atom. The molecule has 1 aromatic carbocycles. The lowest BCUT2D eigenvalue weighted by atomic mass is 10.4. The fourth-order valence-corrected chi connectivity index (χ4v) is 2.44. The molecule has 0 aliphatic heterocycles. The van der Waals surface area contributed by atoms with E-state index in [1.165, 1.54) is 11.8 Å². The topological polar surface area (TPSA) is 42.0 Å². The highest BCUT2D eigenvalue weighted by atomic mass is 35.5. The molecule has 2 rings (SSSR count). The van der Waals surface area contributed by atoms with Gasteiger partial charge in [-0.2, -0.15) is 0 Å². The Balaban J connectivity index is 1.94. The zero-order valence-electron chi connectivity index (χ0n) is 10.3. The highest BCUT2D eigenvalue weighted by Crippen LogP contribution is 2.25. The van der Waals surface area contributed by atoms with Crippen LogP contribution in [0.25, 0.3) is 0 Å². The van der Waals surface area contributed by atoms with Gasteiger partial charge in [0.05, 0.1) is 17.1 Å². The minimum absolute atomic E-state index is 0.0482. The molecule has 1 amide bonds. The third-order valence-corrected chi connectivity index (χ3v) is 3.79. The molecule has 0 saturated heterocycles. The average Bonchev–Trinajstić information content (AvgIpc) is 2.42. The van der Waals surface area contributed by atoms with Crippen LogP contribution in [0.2, 0.25) is 5.02 Å². The summed E-state index contributed by atoms with van der Waals surface area (Å²) in [5, 5.41) is 3.32. The van der Waals surface area contributed by atoms with Crippen molar-refractivity contribution in [1.29, 1.82) is 0 Å². The van der Waals surface area contributed by atoms with Gasteiger partial charge in [-0.3, -0.25) is 9.78 Å². The number of hydrogen-bond acceptors (Lipinski definition) is 3. The number of thioether (sulfide) groups is 1. The van der Waals surface area contributed by atoms with Crippen LogP contribution in [0, 0.1) is 0 Å². The first-order valence-electron chi connectivity index (χ1n) is 5.78. The number of nitrogens with zero attached hydrogens (tertiary/aromatic N) is 1. The molecule has 5 heteroatoms. The zero-order valence-corrected chi connectivity index (χ0v) is 11.9. The van der Waals surface area contributed by atoms with Crippen molar-refractivity contribution >= 4 is 35.0 Å². The Labute approximate surface area is 121 Å². The zero-order chi connectivity index (χ0) is 13.7. The third-order valence-electron chi connectivity index (χ3n) is 2.42. The summed E-state index contributed by atoms with van der Waals surface area (Å²) >= 11 is 7.31. The number of aromatic nitrogens is 1. The Morgan fingerprint density at radius 2 is 2.05 bits per heavy atom. The molecule has 19 heavy (non-hydrogen) atoms. The van der Waals surface area contributed by atoms with E-state index in [2.05, 4.69) is 10.3 Å². The molecule has 0 fully saturated rings. The third kappa shape index (κ3) is 4.26. The second kappa shape index (κ2) is 6.59. The van der Waals surface area contributed by atoms with Crippen LogP contribution >= 0.6 is 23.4 Å². The van der Waals surface area contributed by atoms with Crippen molar-refractivity contribution in [2.75, 3.05) is 5.32 Å². The number of halogens is 1. The highest BCUT2D eigenvalue weighted by molar-refractivity contribution is 8.00. The predicted octanol–water partition coefficient (Wildman–Crippen LogP) is 3.85. The van der Waals surface area contributed by atoms with Crippen LogP contribution in [0.3, 0.4) is 0 Å². The van der Waals surface area contributed by atoms with Crippen molar-refractivity contribution < 1.29 is 4.79 Å². The fourth-order valence-electron chi connectivity index (χ4n) is 1.45. The maximum absolute atomic E-state index is 12.0. The van der Waals surface area contributed by atoms with Gasteiger partial charge in [-0.15, -0.1) is 11.8 Å². The summed E-state index contributed by atoms with van der Waals surface area (Å²) in [4.78, 5) is 17.0. The molecule has 0 saturated carbocycles. The van der Waals surface area contributed by atoms with Crippen molar-refractivity contribution in [3.8, 4) is 0 Å². The fraction of sp³-hybridized carbons (Fsp3) is 0.143. The minimum atomic E-state index is -0.193. The maximum Gasteiger partial charge on any atom is 0.237 e. The van der Waals surface area contributed by atoms with Crippen LogP contribution < -0.4 is 5.32 Å². The molecule has 1 unspecified atom stereocenters. The molecule has 3 nitrogen and oxygen atoms in total. The number of anilines is 1. The molecule has 1 heterocycles. The van der Waals surface area contributed by atoms with Gasteiger partial charge in [0.1, 0.15) is 0 Å². The maximum atomic E-state index is 12.0. The molecular weight excluding hydrogens is 280 g/mol. The molecule has 0 bridgehead atoms. The second-order valence-electron chi connectivity index (χ2n) is 3.94. The normalized spacial score (nSPS) is 11.9. The summed E-state index contributed by atoms with van der Waals surface area (Å²) < 4.78 is 0. The molecular formula is C14H13ClN2OS. The van der Waals surface area contributed by atoms with Crippen molar-refractivity contribution in [2.45, 2.75) is 17.1 Å². The summed E-state index contributed by atoms with van der Waals surface area (Å²) in [6.45, 7) is 1.87. The largest absolute Gasteiger partial charge is 0.324 e. The van der Waals surface area contributed by atoms with Crippen molar-refractivity contribution in [1.82, 2.24) is 4.98 Å². The monoisotopic (exact) mass is 292 g/mol. The molecule has 0 radical (unpaired) electrons. The van der Waals surface area contributed by atoms with E-state index in [1.807, 2.05) is 37.3 Å². The van der Waals surface area contributed by atoms with Crippen LogP contribution in [0.4, 0.5) is 5.69 Å². The minimum Gasteiger partial charge on any atom is -0.324 e. The average molecular weight is 293 g/mol. The lowest BCUT2D eigenvalue weighted by molar-refractivity contribution is -0.115. The van der Waals surface area contributed by atoms with Gasteiger partial charge >= 0.3 is 0 Å². The number of nitrogens with one attached hydrogen (secondary N) is 1. The van der Waals surface area contributed by atoms with E-state index in [-0.39, 0.29) is 11.2 Å². The molecule has 98 valence electrons. The van der Waals surface area contributed by atoms with Gasteiger partial charge in [-0.05, 0) is 43.3 Å². The highest BCUT2D eigenvalue weighted by Gasteiger charge is 2.14. The number of pyridine rings is 1. The summed E-state index contributed by atoms with van der Waals surface area (Å²) in [6, 6.07) is 11.0. The molecule has 2 aromatic rings. The number of carbonyl (C=O) groups excluding carboxylic acids is 1. The standard InChI is InChI=1S/C14H13ClN2OS/c1-10(19-13-6-4-11(15)5-7-13)14(18)17-12-3-2-8-16-9-12/h2-10H,1H3,(H,17,18). The summed E-state index contributed by atoms with van der Waals surface area (Å²) in [6.07, 6.45) is 3.29.